The molecule has 0 saturated carbocycles. The van der Waals surface area contributed by atoms with Gasteiger partial charge in [0.1, 0.15) is 0 Å². The van der Waals surface area contributed by atoms with Gasteiger partial charge in [0, 0.05) is 11.8 Å². The summed E-state index contributed by atoms with van der Waals surface area (Å²) in [6.45, 7) is 1.59. The van der Waals surface area contributed by atoms with E-state index in [1.54, 1.807) is 0 Å². The molecular formula is C18H18O2. The van der Waals surface area contributed by atoms with Crippen LogP contribution in [0.2, 0.25) is 0 Å². The molecule has 0 radical (unpaired) electrons. The molecule has 2 aliphatic rings. The second-order valence-electron chi connectivity index (χ2n) is 5.66. The van der Waals surface area contributed by atoms with Gasteiger partial charge in [-0.2, -0.15) is 0 Å². The maximum Gasteiger partial charge on any atom is 0.0879 e. The molecule has 4 atom stereocenters. The number of hydrogen-bond acceptors (Lipinski definition) is 2. The second-order valence-corrected chi connectivity index (χ2v) is 5.66. The van der Waals surface area contributed by atoms with Crippen LogP contribution in [0.3, 0.4) is 0 Å². The monoisotopic (exact) mass is 266 g/mol. The summed E-state index contributed by atoms with van der Waals surface area (Å²) in [6.07, 6.45) is 0.379. The summed E-state index contributed by atoms with van der Waals surface area (Å²) in [4.78, 5) is 0. The molecule has 20 heavy (non-hydrogen) atoms. The van der Waals surface area contributed by atoms with Crippen molar-refractivity contribution in [3.63, 3.8) is 0 Å². The van der Waals surface area contributed by atoms with Gasteiger partial charge in [0.25, 0.3) is 0 Å². The van der Waals surface area contributed by atoms with Crippen LogP contribution in [0.5, 0.6) is 0 Å². The molecule has 2 heterocycles. The third-order valence-electron chi connectivity index (χ3n) is 4.52. The number of benzene rings is 2. The van der Waals surface area contributed by atoms with Crippen LogP contribution in [0.4, 0.5) is 0 Å². The molecule has 0 aromatic heterocycles. The highest BCUT2D eigenvalue weighted by molar-refractivity contribution is 5.24. The van der Waals surface area contributed by atoms with Crippen LogP contribution < -0.4 is 0 Å². The lowest BCUT2D eigenvalue weighted by molar-refractivity contribution is 0.0193. The fourth-order valence-corrected chi connectivity index (χ4v) is 3.52. The van der Waals surface area contributed by atoms with Crippen molar-refractivity contribution in [1.29, 1.82) is 0 Å². The zero-order valence-corrected chi connectivity index (χ0v) is 11.3. The summed E-state index contributed by atoms with van der Waals surface area (Å²) in [5, 5.41) is 0. The highest BCUT2D eigenvalue weighted by atomic mass is 16.5. The zero-order chi connectivity index (χ0) is 13.4. The van der Waals surface area contributed by atoms with Gasteiger partial charge in [0.2, 0.25) is 0 Å². The second kappa shape index (κ2) is 5.04. The first kappa shape index (κ1) is 12.1. The van der Waals surface area contributed by atoms with Crippen LogP contribution in [0.25, 0.3) is 0 Å². The first-order valence-electron chi connectivity index (χ1n) is 7.26. The Balaban J connectivity index is 1.59. The summed E-state index contributed by atoms with van der Waals surface area (Å²) in [5.41, 5.74) is 2.55. The molecule has 0 amide bonds. The van der Waals surface area contributed by atoms with Gasteiger partial charge >= 0.3 is 0 Å². The molecule has 0 unspecified atom stereocenters. The highest BCUT2D eigenvalue weighted by Gasteiger charge is 2.47. The molecule has 0 N–H and O–H groups in total. The van der Waals surface area contributed by atoms with Gasteiger partial charge in [0.15, 0.2) is 0 Å². The van der Waals surface area contributed by atoms with Crippen molar-refractivity contribution in [2.24, 2.45) is 11.8 Å². The van der Waals surface area contributed by atoms with Crippen LogP contribution in [0, 0.1) is 11.8 Å². The van der Waals surface area contributed by atoms with Crippen molar-refractivity contribution in [3.05, 3.63) is 71.8 Å². The van der Waals surface area contributed by atoms with Crippen molar-refractivity contribution in [2.75, 3.05) is 13.2 Å². The molecule has 2 aliphatic heterocycles. The normalized spacial score (nSPS) is 32.2. The predicted molar refractivity (Wildman–Crippen MR) is 77.3 cm³/mol. The molecule has 2 fully saturated rings. The van der Waals surface area contributed by atoms with E-state index in [0.717, 1.165) is 13.2 Å². The zero-order valence-electron chi connectivity index (χ0n) is 11.3. The number of hydrogen-bond donors (Lipinski definition) is 0. The number of rotatable bonds is 2. The lowest BCUT2D eigenvalue weighted by Crippen LogP contribution is -2.14. The standard InChI is InChI=1S/C18H18O2/c1-3-7-13(8-4-1)17-15-11-20-18(16(15)12-19-17)14-9-5-2-6-10-14/h1-10,15-18H,11-12H2/t15-,16-,17-,18-/m0/s1. The molecule has 0 bridgehead atoms. The fourth-order valence-electron chi connectivity index (χ4n) is 3.52. The van der Waals surface area contributed by atoms with E-state index < -0.39 is 0 Å². The van der Waals surface area contributed by atoms with Gasteiger partial charge in [-0.25, -0.2) is 0 Å². The molecule has 102 valence electrons. The molecule has 0 aliphatic carbocycles. The Morgan fingerprint density at radius 1 is 0.600 bits per heavy atom. The van der Waals surface area contributed by atoms with E-state index in [9.17, 15) is 0 Å². The minimum atomic E-state index is 0.190. The van der Waals surface area contributed by atoms with Gasteiger partial charge in [-0.05, 0) is 11.1 Å². The SMILES string of the molecule is c1ccc([C@@H]2OC[C@H]3[C@@H]2CO[C@H]3c2ccccc2)cc1. The van der Waals surface area contributed by atoms with E-state index in [2.05, 4.69) is 48.5 Å². The number of ether oxygens (including phenoxy) is 2. The maximum atomic E-state index is 6.08. The van der Waals surface area contributed by atoms with E-state index in [-0.39, 0.29) is 12.2 Å². The summed E-state index contributed by atoms with van der Waals surface area (Å²) in [5.74, 6) is 0.949. The predicted octanol–water partition coefficient (Wildman–Crippen LogP) is 3.76. The molecule has 2 aromatic carbocycles. The maximum absolute atomic E-state index is 6.08. The Morgan fingerprint density at radius 3 is 1.40 bits per heavy atom. The van der Waals surface area contributed by atoms with E-state index in [0.29, 0.717) is 11.8 Å². The summed E-state index contributed by atoms with van der Waals surface area (Å²) in [6, 6.07) is 21.0. The average molecular weight is 266 g/mol. The molecule has 4 rings (SSSR count). The largest absolute Gasteiger partial charge is 0.373 e. The third kappa shape index (κ3) is 1.96. The van der Waals surface area contributed by atoms with E-state index in [4.69, 9.17) is 9.47 Å². The Hall–Kier alpha value is -1.64. The van der Waals surface area contributed by atoms with Crippen molar-refractivity contribution >= 4 is 0 Å². The molecule has 2 heteroatoms. The van der Waals surface area contributed by atoms with Crippen LogP contribution >= 0.6 is 0 Å². The average Bonchev–Trinajstić information content (AvgIpc) is 3.10. The summed E-state index contributed by atoms with van der Waals surface area (Å²) in [7, 11) is 0. The fraction of sp³-hybridized carbons (Fsp3) is 0.333. The van der Waals surface area contributed by atoms with E-state index in [1.807, 2.05) is 12.1 Å². The van der Waals surface area contributed by atoms with Gasteiger partial charge in [0.05, 0.1) is 25.4 Å². The van der Waals surface area contributed by atoms with Crippen LogP contribution in [0.1, 0.15) is 23.3 Å². The van der Waals surface area contributed by atoms with Gasteiger partial charge in [-0.15, -0.1) is 0 Å². The van der Waals surface area contributed by atoms with Crippen molar-refractivity contribution in [3.8, 4) is 0 Å². The third-order valence-corrected chi connectivity index (χ3v) is 4.52. The van der Waals surface area contributed by atoms with Crippen LogP contribution in [-0.2, 0) is 9.47 Å². The molecule has 2 saturated heterocycles. The molecule has 2 nitrogen and oxygen atoms in total. The van der Waals surface area contributed by atoms with Crippen molar-refractivity contribution in [2.45, 2.75) is 12.2 Å². The molecular weight excluding hydrogens is 248 g/mol. The van der Waals surface area contributed by atoms with Crippen molar-refractivity contribution < 1.29 is 9.47 Å². The smallest absolute Gasteiger partial charge is 0.0879 e. The van der Waals surface area contributed by atoms with Crippen LogP contribution in [-0.4, -0.2) is 13.2 Å². The van der Waals surface area contributed by atoms with Gasteiger partial charge < -0.3 is 9.47 Å². The Bertz CT molecular complexity index is 513. The summed E-state index contributed by atoms with van der Waals surface area (Å²) >= 11 is 0. The van der Waals surface area contributed by atoms with Crippen molar-refractivity contribution in [1.82, 2.24) is 0 Å². The van der Waals surface area contributed by atoms with Gasteiger partial charge in [-0.3, -0.25) is 0 Å². The van der Waals surface area contributed by atoms with E-state index >= 15 is 0 Å². The lowest BCUT2D eigenvalue weighted by atomic mass is 9.85. The molecule has 0 spiro atoms. The highest BCUT2D eigenvalue weighted by Crippen LogP contribution is 2.49. The Labute approximate surface area is 119 Å². The first-order chi connectivity index (χ1) is 9.93. The Morgan fingerprint density at radius 2 is 1.00 bits per heavy atom. The number of fused-ring (bicyclic) bond motifs is 1. The van der Waals surface area contributed by atoms with E-state index in [1.165, 1.54) is 11.1 Å². The Kier molecular flexibility index (Phi) is 3.06. The minimum Gasteiger partial charge on any atom is -0.373 e. The topological polar surface area (TPSA) is 18.5 Å². The minimum absolute atomic E-state index is 0.190. The van der Waals surface area contributed by atoms with Crippen LogP contribution in [0.15, 0.2) is 60.7 Å². The molecule has 2 aromatic rings. The van der Waals surface area contributed by atoms with Gasteiger partial charge in [-0.1, -0.05) is 60.7 Å². The quantitative estimate of drug-likeness (QED) is 0.824. The summed E-state index contributed by atoms with van der Waals surface area (Å²) < 4.78 is 12.2. The lowest BCUT2D eigenvalue weighted by Gasteiger charge is -2.16. The first-order valence-corrected chi connectivity index (χ1v) is 7.26.